The molecule has 6 nitrogen and oxygen atoms in total. The monoisotopic (exact) mass is 524 g/mol. The highest BCUT2D eigenvalue weighted by atomic mass is 16.5. The Morgan fingerprint density at radius 3 is 2.55 bits per heavy atom. The maximum absolute atomic E-state index is 12.7. The van der Waals surface area contributed by atoms with Crippen LogP contribution in [-0.4, -0.2) is 38.6 Å². The number of ether oxygens (including phenoxy) is 2. The number of piperidine rings is 1. The maximum atomic E-state index is 12.7. The molecule has 38 heavy (non-hydrogen) atoms. The van der Waals surface area contributed by atoms with E-state index in [0.29, 0.717) is 41.7 Å². The van der Waals surface area contributed by atoms with Crippen LogP contribution in [0.1, 0.15) is 84.1 Å². The Kier molecular flexibility index (Phi) is 7.72. The number of hydrogen-bond acceptors (Lipinski definition) is 4. The molecular formula is C32H48N2O4. The number of nitrogens with one attached hydrogen (secondary N) is 2. The summed E-state index contributed by atoms with van der Waals surface area (Å²) in [6.07, 6.45) is 10.9. The Morgan fingerprint density at radius 1 is 1.03 bits per heavy atom. The minimum atomic E-state index is 0.0602. The van der Waals surface area contributed by atoms with Gasteiger partial charge < -0.3 is 20.1 Å². The Balaban J connectivity index is 1.15. The van der Waals surface area contributed by atoms with E-state index in [1.54, 1.807) is 14.2 Å². The summed E-state index contributed by atoms with van der Waals surface area (Å²) in [4.78, 5) is 24.8. The molecule has 1 saturated heterocycles. The van der Waals surface area contributed by atoms with E-state index in [9.17, 15) is 9.59 Å². The summed E-state index contributed by atoms with van der Waals surface area (Å²) in [5, 5.41) is 6.54. The zero-order chi connectivity index (χ0) is 27.1. The summed E-state index contributed by atoms with van der Waals surface area (Å²) < 4.78 is 10.7. The molecule has 0 bridgehead atoms. The quantitative estimate of drug-likeness (QED) is 0.469. The molecule has 3 saturated carbocycles. The Hall–Kier alpha value is -2.24. The van der Waals surface area contributed by atoms with Crippen LogP contribution >= 0.6 is 0 Å². The summed E-state index contributed by atoms with van der Waals surface area (Å²) in [7, 11) is 3.23. The van der Waals surface area contributed by atoms with Gasteiger partial charge in [0.15, 0.2) is 11.5 Å². The van der Waals surface area contributed by atoms with E-state index in [2.05, 4.69) is 31.4 Å². The lowest BCUT2D eigenvalue weighted by Crippen LogP contribution is -2.61. The van der Waals surface area contributed by atoms with Crippen molar-refractivity contribution in [2.75, 3.05) is 20.8 Å². The van der Waals surface area contributed by atoms with Crippen LogP contribution in [0.25, 0.3) is 0 Å². The largest absolute Gasteiger partial charge is 0.493 e. The van der Waals surface area contributed by atoms with E-state index in [0.717, 1.165) is 55.0 Å². The first-order valence-corrected chi connectivity index (χ1v) is 15.0. The van der Waals surface area contributed by atoms with Crippen molar-refractivity contribution in [3.63, 3.8) is 0 Å². The number of carbonyl (C=O) groups is 2. The van der Waals surface area contributed by atoms with E-state index < -0.39 is 0 Å². The standard InChI is InChI=1S/C32H48N2O4/c1-20(14-17-33-30(36)19-21-6-10-26(37-4)27(18-21)38-5)23-8-9-24-22-7-11-28-32(3,16-13-29(35)34-28)25(22)12-15-31(23,24)2/h6,10,18,20,22-25,28H,7-9,11-17,19H2,1-5H3,(H,33,36)(H,34,35)/t20?,22-,23+,24-,25-,28+,31+,32+/m0/s1. The Bertz CT molecular complexity index is 1040. The van der Waals surface area contributed by atoms with E-state index in [1.165, 1.54) is 32.1 Å². The number of amides is 2. The predicted molar refractivity (Wildman–Crippen MR) is 149 cm³/mol. The summed E-state index contributed by atoms with van der Waals surface area (Å²) in [6.45, 7) is 8.22. The first kappa shape index (κ1) is 27.3. The van der Waals surface area contributed by atoms with Crippen LogP contribution < -0.4 is 20.1 Å². The maximum Gasteiger partial charge on any atom is 0.224 e. The smallest absolute Gasteiger partial charge is 0.224 e. The Morgan fingerprint density at radius 2 is 1.79 bits per heavy atom. The Labute approximate surface area is 229 Å². The van der Waals surface area contributed by atoms with Crippen molar-refractivity contribution < 1.29 is 19.1 Å². The lowest BCUT2D eigenvalue weighted by molar-refractivity contribution is -0.137. The predicted octanol–water partition coefficient (Wildman–Crippen LogP) is 5.53. The summed E-state index contributed by atoms with van der Waals surface area (Å²) >= 11 is 0. The molecule has 3 aliphatic carbocycles. The third kappa shape index (κ3) is 4.81. The zero-order valence-electron chi connectivity index (χ0n) is 24.1. The second-order valence-corrected chi connectivity index (χ2v) is 13.3. The van der Waals surface area contributed by atoms with Crippen molar-refractivity contribution >= 4 is 11.8 Å². The molecule has 6 heteroatoms. The lowest BCUT2D eigenvalue weighted by Gasteiger charge is -2.60. The molecule has 8 atom stereocenters. The van der Waals surface area contributed by atoms with Crippen LogP contribution in [0, 0.1) is 40.4 Å². The molecule has 1 aromatic rings. The van der Waals surface area contributed by atoms with Crippen LogP contribution in [0.4, 0.5) is 0 Å². The summed E-state index contributed by atoms with van der Waals surface area (Å²) in [6, 6.07) is 6.04. The zero-order valence-corrected chi connectivity index (χ0v) is 24.1. The van der Waals surface area contributed by atoms with Gasteiger partial charge >= 0.3 is 0 Å². The number of rotatable bonds is 8. The molecule has 0 radical (unpaired) electrons. The molecule has 4 fully saturated rings. The van der Waals surface area contributed by atoms with Crippen molar-refractivity contribution in [2.45, 2.75) is 91.0 Å². The van der Waals surface area contributed by atoms with Gasteiger partial charge in [-0.2, -0.15) is 0 Å². The highest BCUT2D eigenvalue weighted by molar-refractivity contribution is 5.78. The lowest BCUT2D eigenvalue weighted by atomic mass is 9.46. The van der Waals surface area contributed by atoms with E-state index in [1.807, 2.05) is 18.2 Å². The van der Waals surface area contributed by atoms with Gasteiger partial charge in [-0.1, -0.05) is 26.8 Å². The molecule has 1 aromatic carbocycles. The minimum Gasteiger partial charge on any atom is -0.493 e. The molecule has 2 N–H and O–H groups in total. The molecule has 4 aliphatic rings. The molecule has 1 heterocycles. The van der Waals surface area contributed by atoms with Crippen molar-refractivity contribution in [2.24, 2.45) is 40.4 Å². The summed E-state index contributed by atoms with van der Waals surface area (Å²) in [5.74, 6) is 5.35. The second kappa shape index (κ2) is 10.7. The molecule has 2 amide bonds. The number of carbonyl (C=O) groups excluding carboxylic acids is 2. The number of fused-ring (bicyclic) bond motifs is 5. The fraction of sp³-hybridized carbons (Fsp3) is 0.750. The van der Waals surface area contributed by atoms with Crippen LogP contribution in [0.5, 0.6) is 11.5 Å². The number of benzene rings is 1. The molecule has 210 valence electrons. The third-order valence-electron chi connectivity index (χ3n) is 11.6. The third-order valence-corrected chi connectivity index (χ3v) is 11.6. The van der Waals surface area contributed by atoms with Gasteiger partial charge in [-0.3, -0.25) is 9.59 Å². The van der Waals surface area contributed by atoms with Gasteiger partial charge in [0.2, 0.25) is 11.8 Å². The van der Waals surface area contributed by atoms with Gasteiger partial charge in [0, 0.05) is 19.0 Å². The highest BCUT2D eigenvalue weighted by Gasteiger charge is 2.60. The molecule has 0 aromatic heterocycles. The van der Waals surface area contributed by atoms with Crippen LogP contribution in [0.3, 0.4) is 0 Å². The molecule has 1 unspecified atom stereocenters. The van der Waals surface area contributed by atoms with Gasteiger partial charge in [-0.15, -0.1) is 0 Å². The van der Waals surface area contributed by atoms with Gasteiger partial charge in [-0.05, 0) is 109 Å². The van der Waals surface area contributed by atoms with E-state index in [4.69, 9.17) is 9.47 Å². The summed E-state index contributed by atoms with van der Waals surface area (Å²) in [5.41, 5.74) is 1.61. The SMILES string of the molecule is COc1ccc(CC(=O)NCCC(C)[C@H]2CC[C@H]3[C@@H]4CC[C@H]5NC(=O)CC[C@]5(C)[C@H]4CC[C@]23C)cc1OC. The minimum absolute atomic E-state index is 0.0602. The van der Waals surface area contributed by atoms with Gasteiger partial charge in [0.25, 0.3) is 0 Å². The number of methoxy groups -OCH3 is 2. The molecule has 1 aliphatic heterocycles. The van der Waals surface area contributed by atoms with E-state index >= 15 is 0 Å². The first-order valence-electron chi connectivity index (χ1n) is 15.0. The number of hydrogen-bond donors (Lipinski definition) is 2. The van der Waals surface area contributed by atoms with Crippen molar-refractivity contribution in [3.8, 4) is 11.5 Å². The van der Waals surface area contributed by atoms with Gasteiger partial charge in [0.1, 0.15) is 0 Å². The van der Waals surface area contributed by atoms with Crippen molar-refractivity contribution in [3.05, 3.63) is 23.8 Å². The van der Waals surface area contributed by atoms with Crippen LogP contribution in [0.2, 0.25) is 0 Å². The normalized spacial score (nSPS) is 36.8. The van der Waals surface area contributed by atoms with Crippen molar-refractivity contribution in [1.82, 2.24) is 10.6 Å². The van der Waals surface area contributed by atoms with Crippen LogP contribution in [0.15, 0.2) is 18.2 Å². The molecular weight excluding hydrogens is 476 g/mol. The molecule has 0 spiro atoms. The second-order valence-electron chi connectivity index (χ2n) is 13.3. The van der Waals surface area contributed by atoms with Crippen molar-refractivity contribution in [1.29, 1.82) is 0 Å². The van der Waals surface area contributed by atoms with Gasteiger partial charge in [0.05, 0.1) is 20.6 Å². The van der Waals surface area contributed by atoms with E-state index in [-0.39, 0.29) is 17.2 Å². The first-order chi connectivity index (χ1) is 18.2. The molecule has 5 rings (SSSR count). The topological polar surface area (TPSA) is 76.7 Å². The average molecular weight is 525 g/mol. The fourth-order valence-corrected chi connectivity index (χ4v) is 9.56. The van der Waals surface area contributed by atoms with Crippen LogP contribution in [-0.2, 0) is 16.0 Å². The highest BCUT2D eigenvalue weighted by Crippen LogP contribution is 2.66. The van der Waals surface area contributed by atoms with Gasteiger partial charge in [-0.25, -0.2) is 0 Å². The fourth-order valence-electron chi connectivity index (χ4n) is 9.56. The average Bonchev–Trinajstić information content (AvgIpc) is 3.26.